The van der Waals surface area contributed by atoms with Crippen LogP contribution in [-0.2, 0) is 4.79 Å². The molecule has 2 amide bonds. The molecule has 0 bridgehead atoms. The first-order chi connectivity index (χ1) is 15.0. The Balaban J connectivity index is 1.82. The second-order valence-corrected chi connectivity index (χ2v) is 7.57. The first kappa shape index (κ1) is 24.4. The van der Waals surface area contributed by atoms with E-state index in [4.69, 9.17) is 14.2 Å². The Labute approximate surface area is 195 Å². The molecule has 0 spiro atoms. The van der Waals surface area contributed by atoms with Gasteiger partial charge in [0.15, 0.2) is 11.5 Å². The summed E-state index contributed by atoms with van der Waals surface area (Å²) < 4.78 is 17.1. The van der Waals surface area contributed by atoms with E-state index in [0.717, 1.165) is 15.6 Å². The molecule has 2 rings (SSSR count). The molecule has 0 aliphatic heterocycles. The fourth-order valence-corrected chi connectivity index (χ4v) is 3.31. The highest BCUT2D eigenvalue weighted by molar-refractivity contribution is 14.1. The molecule has 0 aliphatic rings. The zero-order valence-corrected chi connectivity index (χ0v) is 19.9. The number of carbonyl (C=O) groups excluding carboxylic acids is 2. The van der Waals surface area contributed by atoms with E-state index in [-0.39, 0.29) is 24.8 Å². The Morgan fingerprint density at radius 1 is 1.13 bits per heavy atom. The molecule has 8 nitrogen and oxygen atoms in total. The highest BCUT2D eigenvalue weighted by atomic mass is 127. The molecule has 0 aromatic heterocycles. The largest absolute Gasteiger partial charge is 0.497 e. The lowest BCUT2D eigenvalue weighted by Gasteiger charge is -2.12. The second-order valence-electron chi connectivity index (χ2n) is 6.41. The molecule has 0 heterocycles. The number of amides is 2. The SMILES string of the molecule is CCCOc1c(I)cc(C=NNC(=O)CCNC(=O)c2ccc(OC)cc2)cc1OC. The normalized spacial score (nSPS) is 10.6. The zero-order chi connectivity index (χ0) is 22.6. The fraction of sp³-hybridized carbons (Fsp3) is 0.318. The van der Waals surface area contributed by atoms with Crippen LogP contribution in [-0.4, -0.2) is 45.4 Å². The van der Waals surface area contributed by atoms with Gasteiger partial charge >= 0.3 is 0 Å². The topological polar surface area (TPSA) is 98.2 Å². The van der Waals surface area contributed by atoms with Gasteiger partial charge in [-0.05, 0) is 71.0 Å². The van der Waals surface area contributed by atoms with Crippen molar-refractivity contribution in [3.05, 3.63) is 51.1 Å². The van der Waals surface area contributed by atoms with Crippen molar-refractivity contribution in [1.29, 1.82) is 0 Å². The van der Waals surface area contributed by atoms with Crippen molar-refractivity contribution in [3.63, 3.8) is 0 Å². The molecule has 2 aromatic rings. The lowest BCUT2D eigenvalue weighted by atomic mass is 10.2. The minimum atomic E-state index is -0.309. The van der Waals surface area contributed by atoms with E-state index in [0.29, 0.717) is 29.4 Å². The van der Waals surface area contributed by atoms with Crippen molar-refractivity contribution in [2.75, 3.05) is 27.4 Å². The van der Waals surface area contributed by atoms with E-state index in [1.165, 1.54) is 6.21 Å². The molecule has 2 aromatic carbocycles. The van der Waals surface area contributed by atoms with Crippen LogP contribution in [0.15, 0.2) is 41.5 Å². The molecular weight excluding hydrogens is 513 g/mol. The average Bonchev–Trinajstić information content (AvgIpc) is 2.78. The first-order valence-electron chi connectivity index (χ1n) is 9.73. The molecule has 0 saturated heterocycles. The van der Waals surface area contributed by atoms with Gasteiger partial charge in [-0.1, -0.05) is 6.92 Å². The third-order valence-electron chi connectivity index (χ3n) is 4.09. The predicted molar refractivity (Wildman–Crippen MR) is 127 cm³/mol. The number of benzene rings is 2. The van der Waals surface area contributed by atoms with Crippen molar-refractivity contribution in [2.24, 2.45) is 5.10 Å². The minimum Gasteiger partial charge on any atom is -0.497 e. The molecule has 0 atom stereocenters. The van der Waals surface area contributed by atoms with Crippen LogP contribution >= 0.6 is 22.6 Å². The maximum atomic E-state index is 12.1. The van der Waals surface area contributed by atoms with Crippen molar-refractivity contribution in [1.82, 2.24) is 10.7 Å². The van der Waals surface area contributed by atoms with E-state index in [9.17, 15) is 9.59 Å². The molecule has 0 radical (unpaired) electrons. The van der Waals surface area contributed by atoms with Gasteiger partial charge in [-0.15, -0.1) is 0 Å². The van der Waals surface area contributed by atoms with Crippen LogP contribution < -0.4 is 25.0 Å². The van der Waals surface area contributed by atoms with Crippen LogP contribution in [0, 0.1) is 3.57 Å². The Hall–Kier alpha value is -2.82. The lowest BCUT2D eigenvalue weighted by Crippen LogP contribution is -2.29. The summed E-state index contributed by atoms with van der Waals surface area (Å²) in [5, 5.41) is 6.67. The summed E-state index contributed by atoms with van der Waals surface area (Å²) in [7, 11) is 3.14. The number of rotatable bonds is 11. The summed E-state index contributed by atoms with van der Waals surface area (Å²) in [6.07, 6.45) is 2.53. The Morgan fingerprint density at radius 2 is 1.87 bits per heavy atom. The van der Waals surface area contributed by atoms with Crippen LogP contribution in [0.4, 0.5) is 0 Å². The van der Waals surface area contributed by atoms with E-state index >= 15 is 0 Å². The average molecular weight is 539 g/mol. The van der Waals surface area contributed by atoms with Crippen molar-refractivity contribution >= 4 is 40.6 Å². The Morgan fingerprint density at radius 3 is 2.52 bits per heavy atom. The number of hydrogen-bond donors (Lipinski definition) is 2. The van der Waals surface area contributed by atoms with Crippen molar-refractivity contribution in [2.45, 2.75) is 19.8 Å². The van der Waals surface area contributed by atoms with E-state index in [2.05, 4.69) is 38.4 Å². The number of hydrazone groups is 1. The maximum Gasteiger partial charge on any atom is 0.251 e. The summed E-state index contributed by atoms with van der Waals surface area (Å²) in [5.41, 5.74) is 3.71. The van der Waals surface area contributed by atoms with Gasteiger partial charge in [-0.25, -0.2) is 5.43 Å². The lowest BCUT2D eigenvalue weighted by molar-refractivity contribution is -0.120. The van der Waals surface area contributed by atoms with Crippen LogP contribution in [0.5, 0.6) is 17.2 Å². The minimum absolute atomic E-state index is 0.101. The molecule has 31 heavy (non-hydrogen) atoms. The van der Waals surface area contributed by atoms with E-state index in [1.807, 2.05) is 13.0 Å². The second kappa shape index (κ2) is 12.8. The summed E-state index contributed by atoms with van der Waals surface area (Å²) in [6.45, 7) is 2.83. The number of ether oxygens (including phenoxy) is 3. The monoisotopic (exact) mass is 539 g/mol. The van der Waals surface area contributed by atoms with Crippen LogP contribution in [0.2, 0.25) is 0 Å². The molecule has 0 aliphatic carbocycles. The van der Waals surface area contributed by atoms with Gasteiger partial charge in [-0.3, -0.25) is 9.59 Å². The Bertz CT molecular complexity index is 916. The van der Waals surface area contributed by atoms with Crippen LogP contribution in [0.25, 0.3) is 0 Å². The van der Waals surface area contributed by atoms with Crippen LogP contribution in [0.3, 0.4) is 0 Å². The number of halogens is 1. The van der Waals surface area contributed by atoms with Gasteiger partial charge in [0.05, 0.1) is 30.6 Å². The van der Waals surface area contributed by atoms with Gasteiger partial charge in [-0.2, -0.15) is 5.10 Å². The number of methoxy groups -OCH3 is 2. The maximum absolute atomic E-state index is 12.1. The fourth-order valence-electron chi connectivity index (χ4n) is 2.53. The van der Waals surface area contributed by atoms with Crippen LogP contribution in [0.1, 0.15) is 35.7 Å². The predicted octanol–water partition coefficient (Wildman–Crippen LogP) is 3.37. The summed E-state index contributed by atoms with van der Waals surface area (Å²) in [5.74, 6) is 1.40. The van der Waals surface area contributed by atoms with Gasteiger partial charge < -0.3 is 19.5 Å². The number of carbonyl (C=O) groups is 2. The highest BCUT2D eigenvalue weighted by Gasteiger charge is 2.11. The van der Waals surface area contributed by atoms with Crippen molar-refractivity contribution in [3.8, 4) is 17.2 Å². The first-order valence-corrected chi connectivity index (χ1v) is 10.8. The molecule has 166 valence electrons. The number of hydrogen-bond acceptors (Lipinski definition) is 6. The van der Waals surface area contributed by atoms with E-state index < -0.39 is 0 Å². The summed E-state index contributed by atoms with van der Waals surface area (Å²) in [4.78, 5) is 24.0. The summed E-state index contributed by atoms with van der Waals surface area (Å²) in [6, 6.07) is 10.4. The zero-order valence-electron chi connectivity index (χ0n) is 17.7. The van der Waals surface area contributed by atoms with Gasteiger partial charge in [0.25, 0.3) is 5.91 Å². The molecule has 0 unspecified atom stereocenters. The standard InChI is InChI=1S/C22H26IN3O5/c1-4-11-31-21-18(23)12-15(13-19(21)30-3)14-25-26-20(27)9-10-24-22(28)16-5-7-17(29-2)8-6-16/h5-8,12-14H,4,9-11H2,1-3H3,(H,24,28)(H,26,27). The van der Waals surface area contributed by atoms with E-state index in [1.54, 1.807) is 44.6 Å². The molecular formula is C22H26IN3O5. The van der Waals surface area contributed by atoms with Gasteiger partial charge in [0.1, 0.15) is 5.75 Å². The quantitative estimate of drug-likeness (QED) is 0.259. The smallest absolute Gasteiger partial charge is 0.251 e. The van der Waals surface area contributed by atoms with Crippen molar-refractivity contribution < 1.29 is 23.8 Å². The molecule has 9 heteroatoms. The van der Waals surface area contributed by atoms with Gasteiger partial charge in [0, 0.05) is 18.5 Å². The molecule has 0 fully saturated rings. The third-order valence-corrected chi connectivity index (χ3v) is 4.90. The molecule has 0 saturated carbocycles. The molecule has 2 N–H and O–H groups in total. The Kier molecular flexibility index (Phi) is 10.1. The third kappa shape index (κ3) is 7.74. The summed E-state index contributed by atoms with van der Waals surface area (Å²) >= 11 is 2.17. The number of nitrogens with one attached hydrogen (secondary N) is 2. The number of nitrogens with zero attached hydrogens (tertiary/aromatic N) is 1. The van der Waals surface area contributed by atoms with Gasteiger partial charge in [0.2, 0.25) is 5.91 Å². The highest BCUT2D eigenvalue weighted by Crippen LogP contribution is 2.33.